The molecule has 0 saturated carbocycles. The maximum atomic E-state index is 2.59. The normalized spacial score (nSPS) is 14.3. The largest absolute Gasteiger partial charge is 0.144 e. The van der Waals surface area contributed by atoms with Crippen molar-refractivity contribution in [1.82, 2.24) is 0 Å². The predicted octanol–water partition coefficient (Wildman–Crippen LogP) is 34.8. The van der Waals surface area contributed by atoms with Crippen molar-refractivity contribution < 1.29 is 0 Å². The molecule has 0 fully saturated rings. The molecule has 0 radical (unpaired) electrons. The van der Waals surface area contributed by atoms with Crippen LogP contribution in [0.15, 0.2) is 89.0 Å². The molecule has 3 heteroatoms. The Bertz CT molecular complexity index is 6810. The van der Waals surface area contributed by atoms with Gasteiger partial charge in [-0.05, 0) is 652 Å². The zero-order valence-corrected chi connectivity index (χ0v) is 84.6. The highest BCUT2D eigenvalue weighted by Crippen LogP contribution is 2.67. The summed E-state index contributed by atoms with van der Waals surface area (Å²) in [5, 5.41) is 10.8. The van der Waals surface area contributed by atoms with Crippen LogP contribution < -0.4 is 0 Å². The van der Waals surface area contributed by atoms with E-state index in [2.05, 4.69) is 356 Å². The molecule has 3 spiro atoms. The summed E-state index contributed by atoms with van der Waals surface area (Å²) in [7, 11) is 0. The molecule has 0 amide bonds. The van der Waals surface area contributed by atoms with Crippen molar-refractivity contribution >= 4 is 82.5 Å². The third-order valence-electron chi connectivity index (χ3n) is 35.8. The molecule has 15 aromatic rings. The van der Waals surface area contributed by atoms with Gasteiger partial charge in [-0.25, -0.2) is 0 Å². The Hall–Kier alpha value is -10.3. The van der Waals surface area contributed by atoms with Crippen LogP contribution in [0.25, 0.3) is 115 Å². The molecule has 21 rings (SSSR count). The lowest BCUT2D eigenvalue weighted by Gasteiger charge is -2.38. The maximum Gasteiger partial charge on any atom is 0.0659 e. The Morgan fingerprint density at radius 3 is 0.762 bits per heavy atom. The quantitative estimate of drug-likeness (QED) is 0.142. The molecule has 6 aliphatic carbocycles. The Kier molecular flexibility index (Phi) is 19.5. The van der Waals surface area contributed by atoms with Crippen molar-refractivity contribution in [3.05, 3.63) is 356 Å². The summed E-state index contributed by atoms with van der Waals surface area (Å²) < 4.78 is 4.14. The van der Waals surface area contributed by atoms with Gasteiger partial charge in [0.25, 0.3) is 0 Å². The highest BCUT2D eigenvalue weighted by atomic mass is 32.1. The van der Waals surface area contributed by atoms with E-state index in [1.54, 1.807) is 0 Å². The Labute approximate surface area is 764 Å². The minimum absolute atomic E-state index is 0.376. The van der Waals surface area contributed by atoms with Crippen molar-refractivity contribution in [2.75, 3.05) is 0 Å². The van der Waals surface area contributed by atoms with E-state index in [-0.39, 0.29) is 16.2 Å². The smallest absolute Gasteiger partial charge is 0.0659 e. The van der Waals surface area contributed by atoms with Gasteiger partial charge in [-0.15, -0.1) is 34.0 Å². The molecule has 0 aliphatic heterocycles. The van der Waals surface area contributed by atoms with Crippen LogP contribution >= 0.6 is 34.0 Å². The van der Waals surface area contributed by atoms with Crippen molar-refractivity contribution in [3.8, 4) is 66.8 Å². The lowest BCUT2D eigenvalue weighted by Crippen LogP contribution is -2.30. The van der Waals surface area contributed by atoms with E-state index in [4.69, 9.17) is 0 Å². The second-order valence-electron chi connectivity index (χ2n) is 39.8. The topological polar surface area (TPSA) is 0 Å². The molecule has 0 saturated heterocycles. The van der Waals surface area contributed by atoms with Gasteiger partial charge < -0.3 is 0 Å². The van der Waals surface area contributed by atoms with Crippen molar-refractivity contribution in [2.45, 2.75) is 265 Å². The standard InChI is InChI=1S/3C41H42S/c1-19-20(2)26(8)36-35(25(19)7)37-27(9)21(3)23(5)29(11)39(37)41(40-30(12)24(6)22(4)28(10)38(36)40)15-13-31-18-34-32(14-16-42-34)17-33(31)41;1-19-20(2)26(8)36-35(25(19)7)37-27(9)21(3)23(5)29(11)39(37)41(40-30(12)24(6)22(4)28(10)38(36)40)17-15-31-32-16-18-42-34(32)14-13-33(31)41;1-19-20(2)26(8)35-34(25(19)7)36-27(9)21(3)23(5)29(11)38(36)41(39-30(12)24(6)22(4)28(10)37(35)39)17-15-32-33(41)14-13-31-16-18-42-40(31)32/h3*13-18H,1-12H3. The molecule has 636 valence electrons. The molecule has 0 unspecified atom stereocenters. The van der Waals surface area contributed by atoms with E-state index in [9.17, 15) is 0 Å². The zero-order chi connectivity index (χ0) is 90.5. The molecule has 0 atom stereocenters. The number of fused-ring (bicyclic) bond motifs is 32. The van der Waals surface area contributed by atoms with Crippen molar-refractivity contribution in [1.29, 1.82) is 0 Å². The van der Waals surface area contributed by atoms with E-state index >= 15 is 0 Å². The van der Waals surface area contributed by atoms with Crippen LogP contribution in [0, 0.1) is 249 Å². The monoisotopic (exact) mass is 1700 g/mol. The Morgan fingerprint density at radius 2 is 0.429 bits per heavy atom. The fraction of sp³-hybridized carbons (Fsp3) is 0.317. The number of hydrogen-bond donors (Lipinski definition) is 0. The van der Waals surface area contributed by atoms with E-state index < -0.39 is 0 Å². The third kappa shape index (κ3) is 10.6. The van der Waals surface area contributed by atoms with Crippen LogP contribution in [-0.2, 0) is 16.2 Å². The highest BCUT2D eigenvalue weighted by molar-refractivity contribution is 7.18. The van der Waals surface area contributed by atoms with Crippen LogP contribution in [-0.4, -0.2) is 0 Å². The lowest BCUT2D eigenvalue weighted by molar-refractivity contribution is 0.778. The van der Waals surface area contributed by atoms with E-state index in [0.29, 0.717) is 0 Å². The number of thiophene rings is 3. The SMILES string of the molecule is Cc1c(C)c(C)c2c(c1C)-c1c(C)c(C)c(C)c(C)c1C1(C=Cc3c1ccc1ccsc31)c1c(C)c(C)c(C)c(C)c1-2.Cc1c(C)c(C)c2c(c1C)-c1c(C)c(C)c(C)c(C)c1C1(C=Cc3c1ccc1sccc31)c1c(C)c(C)c(C)c(C)c1-2.Cc1c(C)c(C)c2c(c1C)-c1c(C)c(C)c(C)c(C)c1C1(C=Cc3cc4sccc4cc31)c1c(C)c(C)c(C)c(C)c1-2. The van der Waals surface area contributed by atoms with Gasteiger partial charge in [-0.3, -0.25) is 0 Å². The minimum Gasteiger partial charge on any atom is -0.144 e. The molecular weight excluding hydrogens is 1570 g/mol. The first kappa shape index (κ1) is 85.2. The van der Waals surface area contributed by atoms with Crippen LogP contribution in [0.1, 0.15) is 267 Å². The van der Waals surface area contributed by atoms with E-state index in [1.165, 1.54) is 364 Å². The minimum atomic E-state index is -0.379. The second-order valence-corrected chi connectivity index (χ2v) is 42.6. The van der Waals surface area contributed by atoms with E-state index in [0.717, 1.165) is 0 Å². The molecule has 0 N–H and O–H groups in total. The maximum absolute atomic E-state index is 2.59. The van der Waals surface area contributed by atoms with Gasteiger partial charge in [-0.1, -0.05) is 54.7 Å². The number of benzene rings is 12. The summed E-state index contributed by atoms with van der Waals surface area (Å²) in [4.78, 5) is 0. The average molecular weight is 1700 g/mol. The first-order valence-corrected chi connectivity index (χ1v) is 48.8. The van der Waals surface area contributed by atoms with Crippen LogP contribution in [0.2, 0.25) is 0 Å². The predicted molar refractivity (Wildman–Crippen MR) is 555 cm³/mol. The Morgan fingerprint density at radius 1 is 0.183 bits per heavy atom. The number of rotatable bonds is 0. The van der Waals surface area contributed by atoms with Crippen molar-refractivity contribution in [3.63, 3.8) is 0 Å². The third-order valence-corrected chi connectivity index (χ3v) is 38.5. The first-order valence-electron chi connectivity index (χ1n) is 46.1. The molecule has 3 heterocycles. The van der Waals surface area contributed by atoms with Crippen molar-refractivity contribution in [2.24, 2.45) is 0 Å². The summed E-state index contributed by atoms with van der Waals surface area (Å²) in [6, 6.07) is 21.5. The van der Waals surface area contributed by atoms with Gasteiger partial charge in [-0.2, -0.15) is 0 Å². The summed E-state index contributed by atoms with van der Waals surface area (Å²) in [6.45, 7) is 85.0. The summed E-state index contributed by atoms with van der Waals surface area (Å²) in [6.07, 6.45) is 15.1. The summed E-state index contributed by atoms with van der Waals surface area (Å²) in [5.41, 5.74) is 85.0. The van der Waals surface area contributed by atoms with Gasteiger partial charge in [0, 0.05) is 14.1 Å². The lowest BCUT2D eigenvalue weighted by atomic mass is 9.64. The van der Waals surface area contributed by atoms with Gasteiger partial charge in [0.15, 0.2) is 0 Å². The van der Waals surface area contributed by atoms with Gasteiger partial charge in [0.1, 0.15) is 0 Å². The number of allylic oxidation sites excluding steroid dienone is 3. The van der Waals surface area contributed by atoms with Gasteiger partial charge in [0.05, 0.1) is 16.2 Å². The molecule has 12 aromatic carbocycles. The molecular formula is C123H126S3. The molecule has 6 aliphatic rings. The average Bonchev–Trinajstić information content (AvgIpc) is 1.52. The zero-order valence-electron chi connectivity index (χ0n) is 82.1. The second kappa shape index (κ2) is 28.9. The molecule has 0 nitrogen and oxygen atoms in total. The summed E-state index contributed by atoms with van der Waals surface area (Å²) in [5.74, 6) is 0. The van der Waals surface area contributed by atoms with Crippen LogP contribution in [0.3, 0.4) is 0 Å². The fourth-order valence-electron chi connectivity index (χ4n) is 25.8. The molecule has 3 aromatic heterocycles. The molecule has 126 heavy (non-hydrogen) atoms. The van der Waals surface area contributed by atoms with Crippen LogP contribution in [0.4, 0.5) is 0 Å². The van der Waals surface area contributed by atoms with Crippen LogP contribution in [0.5, 0.6) is 0 Å². The van der Waals surface area contributed by atoms with Gasteiger partial charge >= 0.3 is 0 Å². The highest BCUT2D eigenvalue weighted by Gasteiger charge is 2.53. The van der Waals surface area contributed by atoms with Gasteiger partial charge in [0.2, 0.25) is 0 Å². The van der Waals surface area contributed by atoms with E-state index in [1.807, 2.05) is 34.0 Å². The number of hydrogen-bond acceptors (Lipinski definition) is 3. The summed E-state index contributed by atoms with van der Waals surface area (Å²) >= 11 is 5.57. The first-order chi connectivity index (χ1) is 59.6. The fourth-order valence-corrected chi connectivity index (χ4v) is 28.3. The Balaban J connectivity index is 0.000000123. The molecule has 0 bridgehead atoms.